The van der Waals surface area contributed by atoms with E-state index < -0.39 is 17.2 Å². The fourth-order valence-corrected chi connectivity index (χ4v) is 2.98. The van der Waals surface area contributed by atoms with Crippen LogP contribution in [0.4, 0.5) is 4.39 Å². The normalized spacial score (nSPS) is 15.2. The topological polar surface area (TPSA) is 48.0 Å². The third-order valence-electron chi connectivity index (χ3n) is 3.10. The summed E-state index contributed by atoms with van der Waals surface area (Å²) in [6, 6.07) is 4.50. The van der Waals surface area contributed by atoms with Crippen molar-refractivity contribution >= 4 is 33.9 Å². The Bertz CT molecular complexity index is 660. The van der Waals surface area contributed by atoms with Crippen LogP contribution in [0.1, 0.15) is 39.3 Å². The predicted molar refractivity (Wildman–Crippen MR) is 86.2 cm³/mol. The molecule has 2 rings (SSSR count). The van der Waals surface area contributed by atoms with E-state index in [1.165, 1.54) is 6.07 Å². The molecule has 1 N–H and O–H groups in total. The highest BCUT2D eigenvalue weighted by molar-refractivity contribution is 7.90. The summed E-state index contributed by atoms with van der Waals surface area (Å²) in [6.07, 6.45) is 1.55. The van der Waals surface area contributed by atoms with E-state index in [2.05, 4.69) is 9.71 Å². The van der Waals surface area contributed by atoms with E-state index >= 15 is 0 Å². The first-order chi connectivity index (χ1) is 9.70. The van der Waals surface area contributed by atoms with E-state index in [4.69, 9.17) is 11.6 Å². The maximum Gasteiger partial charge on any atom is 0.150 e. The zero-order chi connectivity index (χ0) is 15.8. The van der Waals surface area contributed by atoms with Gasteiger partial charge in [-0.05, 0) is 51.5 Å². The average molecular weight is 329 g/mol. The van der Waals surface area contributed by atoms with Crippen molar-refractivity contribution in [3.63, 3.8) is 0 Å². The van der Waals surface area contributed by atoms with E-state index in [1.807, 2.05) is 27.7 Å². The van der Waals surface area contributed by atoms with Crippen molar-refractivity contribution in [1.29, 1.82) is 0 Å². The van der Waals surface area contributed by atoms with Crippen LogP contribution in [0.2, 0.25) is 5.02 Å². The largest absolute Gasteiger partial charge is 0.598 e. The van der Waals surface area contributed by atoms with Crippen LogP contribution < -0.4 is 4.72 Å². The molecule has 3 nitrogen and oxygen atoms in total. The Morgan fingerprint density at radius 2 is 2.05 bits per heavy atom. The third-order valence-corrected chi connectivity index (χ3v) is 5.00. The molecule has 0 saturated heterocycles. The van der Waals surface area contributed by atoms with Gasteiger partial charge in [-0.15, -0.1) is 4.72 Å². The van der Waals surface area contributed by atoms with Gasteiger partial charge >= 0.3 is 0 Å². The summed E-state index contributed by atoms with van der Waals surface area (Å²) >= 11 is 4.71. The van der Waals surface area contributed by atoms with Crippen molar-refractivity contribution in [2.24, 2.45) is 0 Å². The second-order valence-electron chi connectivity index (χ2n) is 5.90. The number of nitrogens with zero attached hydrogens (tertiary/aromatic N) is 1. The number of aromatic nitrogens is 1. The van der Waals surface area contributed by atoms with Gasteiger partial charge in [0, 0.05) is 28.0 Å². The van der Waals surface area contributed by atoms with E-state index in [0.29, 0.717) is 10.4 Å². The fourth-order valence-electron chi connectivity index (χ4n) is 1.98. The average Bonchev–Trinajstić information content (AvgIpc) is 2.36. The second kappa shape index (κ2) is 6.08. The molecule has 114 valence electrons. The van der Waals surface area contributed by atoms with E-state index in [1.54, 1.807) is 18.3 Å². The molecule has 0 radical (unpaired) electrons. The summed E-state index contributed by atoms with van der Waals surface area (Å²) in [5, 5.41) is 0.951. The third kappa shape index (κ3) is 3.66. The number of benzene rings is 1. The van der Waals surface area contributed by atoms with Crippen LogP contribution in [0.5, 0.6) is 0 Å². The van der Waals surface area contributed by atoms with Gasteiger partial charge < -0.3 is 4.55 Å². The van der Waals surface area contributed by atoms with E-state index in [-0.39, 0.29) is 16.3 Å². The molecule has 0 aliphatic rings. The molecule has 1 aromatic carbocycles. The Morgan fingerprint density at radius 1 is 1.38 bits per heavy atom. The Morgan fingerprint density at radius 3 is 2.67 bits per heavy atom. The molecule has 1 heterocycles. The first-order valence-electron chi connectivity index (χ1n) is 6.62. The zero-order valence-corrected chi connectivity index (χ0v) is 14.0. The van der Waals surface area contributed by atoms with Crippen molar-refractivity contribution < 1.29 is 8.94 Å². The van der Waals surface area contributed by atoms with Gasteiger partial charge in [0.05, 0.1) is 6.04 Å². The lowest BCUT2D eigenvalue weighted by molar-refractivity contribution is 0.532. The van der Waals surface area contributed by atoms with Gasteiger partial charge in [-0.25, -0.2) is 4.39 Å². The fraction of sp³-hybridized carbons (Fsp3) is 0.400. The summed E-state index contributed by atoms with van der Waals surface area (Å²) in [5.74, 6) is -0.455. The molecule has 1 unspecified atom stereocenters. The van der Waals surface area contributed by atoms with Crippen molar-refractivity contribution in [2.75, 3.05) is 0 Å². The number of fused-ring (bicyclic) bond motifs is 1. The van der Waals surface area contributed by atoms with Crippen LogP contribution in [0.15, 0.2) is 24.4 Å². The van der Waals surface area contributed by atoms with Crippen molar-refractivity contribution in [2.45, 2.75) is 38.5 Å². The molecule has 0 amide bonds. The van der Waals surface area contributed by atoms with Gasteiger partial charge in [-0.3, -0.25) is 4.98 Å². The van der Waals surface area contributed by atoms with Crippen LogP contribution >= 0.6 is 11.6 Å². The molecule has 0 aliphatic carbocycles. The quantitative estimate of drug-likeness (QED) is 0.861. The van der Waals surface area contributed by atoms with E-state index in [9.17, 15) is 8.94 Å². The number of pyridine rings is 1. The Balaban J connectivity index is 2.42. The monoisotopic (exact) mass is 328 g/mol. The van der Waals surface area contributed by atoms with Crippen LogP contribution in [-0.4, -0.2) is 14.3 Å². The molecule has 2 atom stereocenters. The van der Waals surface area contributed by atoms with Gasteiger partial charge in [-0.1, -0.05) is 11.6 Å². The zero-order valence-electron chi connectivity index (χ0n) is 12.4. The lowest BCUT2D eigenvalue weighted by atomic mass is 10.0. The lowest BCUT2D eigenvalue weighted by Crippen LogP contribution is -2.40. The minimum absolute atomic E-state index is 0.214. The van der Waals surface area contributed by atoms with Crippen molar-refractivity contribution in [3.05, 3.63) is 40.8 Å². The maximum atomic E-state index is 13.9. The Kier molecular flexibility index (Phi) is 4.78. The predicted octanol–water partition coefficient (Wildman–Crippen LogP) is 4.14. The number of halogens is 2. The first kappa shape index (κ1) is 16.5. The Hall–Kier alpha value is -0.880. The summed E-state index contributed by atoms with van der Waals surface area (Å²) in [4.78, 5) is 4.06. The second-order valence-corrected chi connectivity index (χ2v) is 8.34. The molecule has 0 aliphatic heterocycles. The summed E-state index contributed by atoms with van der Waals surface area (Å²) in [5.41, 5.74) is 1.09. The summed E-state index contributed by atoms with van der Waals surface area (Å²) in [6.45, 7) is 7.56. The Labute approximate surface area is 132 Å². The highest BCUT2D eigenvalue weighted by Crippen LogP contribution is 2.29. The highest BCUT2D eigenvalue weighted by atomic mass is 35.5. The molecule has 0 bridgehead atoms. The first-order valence-corrected chi connectivity index (χ1v) is 8.14. The van der Waals surface area contributed by atoms with Crippen molar-refractivity contribution in [1.82, 2.24) is 9.71 Å². The van der Waals surface area contributed by atoms with Gasteiger partial charge in [-0.2, -0.15) is 0 Å². The minimum atomic E-state index is -1.22. The number of rotatable bonds is 3. The molecule has 6 heteroatoms. The molecular formula is C15H18ClFN2OS. The smallest absolute Gasteiger partial charge is 0.150 e. The SMILES string of the molecule is C[C@H](N[S+]([O-])C(C)(C)C)c1ccnc2c(F)cc(Cl)cc12. The van der Waals surface area contributed by atoms with Gasteiger partial charge in [0.15, 0.2) is 5.82 Å². The van der Waals surface area contributed by atoms with E-state index in [0.717, 1.165) is 5.56 Å². The summed E-state index contributed by atoms with van der Waals surface area (Å²) in [7, 11) is 0. The minimum Gasteiger partial charge on any atom is -0.598 e. The number of nitrogens with one attached hydrogen (secondary N) is 1. The van der Waals surface area contributed by atoms with Gasteiger partial charge in [0.2, 0.25) is 0 Å². The summed E-state index contributed by atoms with van der Waals surface area (Å²) < 4.78 is 28.8. The maximum absolute atomic E-state index is 13.9. The molecule has 21 heavy (non-hydrogen) atoms. The standard InChI is InChI=1S/C15H18ClFN2OS/c1-9(19-21(20)15(2,3)4)11-5-6-18-14-12(11)7-10(16)8-13(14)17/h5-9,19H,1-4H3/t9-,21?/m0/s1. The van der Waals surface area contributed by atoms with Crippen LogP contribution in [0.3, 0.4) is 0 Å². The van der Waals surface area contributed by atoms with Crippen LogP contribution in [0.25, 0.3) is 10.9 Å². The van der Waals surface area contributed by atoms with Crippen LogP contribution in [0, 0.1) is 5.82 Å². The van der Waals surface area contributed by atoms with Gasteiger partial charge in [0.25, 0.3) is 0 Å². The number of hydrogen-bond acceptors (Lipinski definition) is 3. The number of hydrogen-bond donors (Lipinski definition) is 1. The molecule has 0 spiro atoms. The molecule has 0 saturated carbocycles. The molecule has 1 aromatic heterocycles. The highest BCUT2D eigenvalue weighted by Gasteiger charge is 2.28. The lowest BCUT2D eigenvalue weighted by Gasteiger charge is -2.27. The molecular weight excluding hydrogens is 311 g/mol. The van der Waals surface area contributed by atoms with Crippen LogP contribution in [-0.2, 0) is 11.4 Å². The van der Waals surface area contributed by atoms with Gasteiger partial charge in [0.1, 0.15) is 10.3 Å². The van der Waals surface area contributed by atoms with Crippen molar-refractivity contribution in [3.8, 4) is 0 Å². The molecule has 2 aromatic rings. The molecule has 0 fully saturated rings.